The number of hydrogen-bond acceptors (Lipinski definition) is 3. The molecule has 25 heavy (non-hydrogen) atoms. The summed E-state index contributed by atoms with van der Waals surface area (Å²) in [6.07, 6.45) is 0. The van der Waals surface area contributed by atoms with Crippen LogP contribution < -0.4 is 5.56 Å². The van der Waals surface area contributed by atoms with Gasteiger partial charge in [-0.25, -0.2) is 9.37 Å². The largest absolute Gasteiger partial charge is 0.331 e. The molecule has 0 aliphatic carbocycles. The zero-order valence-corrected chi connectivity index (χ0v) is 14.0. The van der Waals surface area contributed by atoms with E-state index in [4.69, 9.17) is 0 Å². The number of aromatic nitrogens is 2. The van der Waals surface area contributed by atoms with Gasteiger partial charge >= 0.3 is 0 Å². The number of halogens is 1. The minimum Gasteiger partial charge on any atom is -0.331 e. The van der Waals surface area contributed by atoms with Gasteiger partial charge < -0.3 is 9.88 Å². The molecule has 0 saturated heterocycles. The van der Waals surface area contributed by atoms with Crippen LogP contribution in [0.3, 0.4) is 0 Å². The molecule has 1 amide bonds. The first-order chi connectivity index (χ1) is 12.0. The number of fused-ring (bicyclic) bond motifs is 1. The van der Waals surface area contributed by atoms with Gasteiger partial charge in [-0.1, -0.05) is 18.2 Å². The Balaban J connectivity index is 1.93. The van der Waals surface area contributed by atoms with Gasteiger partial charge in [0.15, 0.2) is 0 Å². The number of para-hydroxylation sites is 1. The number of nitrogens with zero attached hydrogens (tertiary/aromatic N) is 2. The number of carbonyl (C=O) groups is 1. The zero-order valence-electron chi connectivity index (χ0n) is 14.0. The SMILES string of the molecule is CCN(Cc1nc2ccccc2c(=O)[nH]1)C(=O)c1cc(F)ccc1C. The third-order valence-electron chi connectivity index (χ3n) is 4.10. The molecule has 0 fully saturated rings. The molecule has 0 radical (unpaired) electrons. The average Bonchev–Trinajstić information content (AvgIpc) is 2.61. The van der Waals surface area contributed by atoms with Gasteiger partial charge in [0.2, 0.25) is 0 Å². The molecule has 0 atom stereocenters. The number of nitrogens with one attached hydrogen (secondary N) is 1. The fraction of sp³-hybridized carbons (Fsp3) is 0.211. The lowest BCUT2D eigenvalue weighted by Crippen LogP contribution is -2.32. The zero-order chi connectivity index (χ0) is 18.0. The van der Waals surface area contributed by atoms with Gasteiger partial charge in [-0.3, -0.25) is 9.59 Å². The van der Waals surface area contributed by atoms with Gasteiger partial charge in [0.1, 0.15) is 11.6 Å². The Hall–Kier alpha value is -3.02. The van der Waals surface area contributed by atoms with Crippen molar-refractivity contribution in [1.29, 1.82) is 0 Å². The molecule has 3 aromatic rings. The summed E-state index contributed by atoms with van der Waals surface area (Å²) in [5, 5.41) is 0.501. The monoisotopic (exact) mass is 339 g/mol. The number of rotatable bonds is 4. The van der Waals surface area contributed by atoms with Crippen LogP contribution in [0.2, 0.25) is 0 Å². The summed E-state index contributed by atoms with van der Waals surface area (Å²) in [6.45, 7) is 4.14. The molecule has 3 rings (SSSR count). The van der Waals surface area contributed by atoms with Gasteiger partial charge in [-0.2, -0.15) is 0 Å². The normalized spacial score (nSPS) is 10.8. The third kappa shape index (κ3) is 3.42. The molecule has 0 bridgehead atoms. The number of carbonyl (C=O) groups excluding carboxylic acids is 1. The highest BCUT2D eigenvalue weighted by Gasteiger charge is 2.18. The van der Waals surface area contributed by atoms with Crippen molar-refractivity contribution in [3.63, 3.8) is 0 Å². The van der Waals surface area contributed by atoms with Gasteiger partial charge in [0.05, 0.1) is 17.4 Å². The maximum Gasteiger partial charge on any atom is 0.258 e. The molecule has 5 nitrogen and oxygen atoms in total. The molecular weight excluding hydrogens is 321 g/mol. The van der Waals surface area contributed by atoms with Gasteiger partial charge in [-0.05, 0) is 43.7 Å². The molecule has 0 aliphatic heterocycles. The van der Waals surface area contributed by atoms with E-state index in [0.717, 1.165) is 0 Å². The third-order valence-corrected chi connectivity index (χ3v) is 4.10. The smallest absolute Gasteiger partial charge is 0.258 e. The van der Waals surface area contributed by atoms with Crippen molar-refractivity contribution in [2.75, 3.05) is 6.54 Å². The van der Waals surface area contributed by atoms with Crippen LogP contribution in [-0.4, -0.2) is 27.3 Å². The van der Waals surface area contributed by atoms with Crippen LogP contribution in [-0.2, 0) is 6.54 Å². The van der Waals surface area contributed by atoms with Crippen molar-refractivity contribution in [3.8, 4) is 0 Å². The summed E-state index contributed by atoms with van der Waals surface area (Å²) in [5.41, 5.74) is 1.34. The van der Waals surface area contributed by atoms with E-state index in [9.17, 15) is 14.0 Å². The highest BCUT2D eigenvalue weighted by Crippen LogP contribution is 2.15. The van der Waals surface area contributed by atoms with Crippen molar-refractivity contribution in [2.24, 2.45) is 0 Å². The van der Waals surface area contributed by atoms with Crippen LogP contribution in [0.1, 0.15) is 28.7 Å². The van der Waals surface area contributed by atoms with E-state index in [1.807, 2.05) is 6.92 Å². The molecule has 1 aromatic heterocycles. The summed E-state index contributed by atoms with van der Waals surface area (Å²) in [7, 11) is 0. The van der Waals surface area contributed by atoms with Crippen molar-refractivity contribution in [1.82, 2.24) is 14.9 Å². The van der Waals surface area contributed by atoms with Crippen LogP contribution in [0, 0.1) is 12.7 Å². The minimum atomic E-state index is -0.456. The molecule has 2 aromatic carbocycles. The molecule has 1 N–H and O–H groups in total. The molecule has 0 unspecified atom stereocenters. The van der Waals surface area contributed by atoms with Crippen LogP contribution >= 0.6 is 0 Å². The van der Waals surface area contributed by atoms with E-state index in [1.54, 1.807) is 37.3 Å². The quantitative estimate of drug-likeness (QED) is 0.794. The van der Waals surface area contributed by atoms with Gasteiger partial charge in [0.25, 0.3) is 11.5 Å². The second-order valence-electron chi connectivity index (χ2n) is 5.81. The van der Waals surface area contributed by atoms with Gasteiger partial charge in [-0.15, -0.1) is 0 Å². The number of amides is 1. The van der Waals surface area contributed by atoms with Crippen molar-refractivity contribution >= 4 is 16.8 Å². The number of aromatic amines is 1. The van der Waals surface area contributed by atoms with E-state index < -0.39 is 5.82 Å². The molecular formula is C19H18FN3O2. The second-order valence-corrected chi connectivity index (χ2v) is 5.81. The Morgan fingerprint density at radius 1 is 1.24 bits per heavy atom. The van der Waals surface area contributed by atoms with E-state index in [1.165, 1.54) is 17.0 Å². The number of aryl methyl sites for hydroxylation is 1. The number of benzene rings is 2. The summed E-state index contributed by atoms with van der Waals surface area (Å²) in [5.74, 6) is -0.356. The lowest BCUT2D eigenvalue weighted by atomic mass is 10.1. The topological polar surface area (TPSA) is 66.1 Å². The number of H-pyrrole nitrogens is 1. The van der Waals surface area contributed by atoms with Gasteiger partial charge in [0, 0.05) is 12.1 Å². The fourth-order valence-electron chi connectivity index (χ4n) is 2.71. The second kappa shape index (κ2) is 6.84. The maximum absolute atomic E-state index is 13.5. The van der Waals surface area contributed by atoms with E-state index in [0.29, 0.717) is 34.4 Å². The first-order valence-electron chi connectivity index (χ1n) is 8.03. The highest BCUT2D eigenvalue weighted by molar-refractivity contribution is 5.95. The molecule has 0 aliphatic rings. The summed E-state index contributed by atoms with van der Waals surface area (Å²) in [4.78, 5) is 33.6. The van der Waals surface area contributed by atoms with Crippen molar-refractivity contribution in [3.05, 3.63) is 75.6 Å². The molecule has 0 saturated carbocycles. The van der Waals surface area contributed by atoms with E-state index in [-0.39, 0.29) is 18.0 Å². The van der Waals surface area contributed by atoms with E-state index >= 15 is 0 Å². The summed E-state index contributed by atoms with van der Waals surface area (Å²) in [6, 6.07) is 11.2. The molecule has 6 heteroatoms. The Labute approximate surface area is 144 Å². The number of hydrogen-bond donors (Lipinski definition) is 1. The highest BCUT2D eigenvalue weighted by atomic mass is 19.1. The molecule has 0 spiro atoms. The predicted molar refractivity (Wildman–Crippen MR) is 93.9 cm³/mol. The Bertz CT molecular complexity index is 997. The fourth-order valence-corrected chi connectivity index (χ4v) is 2.71. The lowest BCUT2D eigenvalue weighted by molar-refractivity contribution is 0.0747. The Morgan fingerprint density at radius 3 is 2.76 bits per heavy atom. The summed E-state index contributed by atoms with van der Waals surface area (Å²) < 4.78 is 13.5. The lowest BCUT2D eigenvalue weighted by Gasteiger charge is -2.21. The first kappa shape index (κ1) is 16.8. The average molecular weight is 339 g/mol. The standard InChI is InChI=1S/C19H18FN3O2/c1-3-23(19(25)15-10-13(20)9-8-12(15)2)11-17-21-16-7-5-4-6-14(16)18(24)22-17/h4-10H,3,11H2,1-2H3,(H,21,22,24). The first-order valence-corrected chi connectivity index (χ1v) is 8.03. The molecule has 1 heterocycles. The Kier molecular flexibility index (Phi) is 4.61. The van der Waals surface area contributed by atoms with Crippen molar-refractivity contribution < 1.29 is 9.18 Å². The van der Waals surface area contributed by atoms with Crippen LogP contribution in [0.15, 0.2) is 47.3 Å². The van der Waals surface area contributed by atoms with E-state index in [2.05, 4.69) is 9.97 Å². The van der Waals surface area contributed by atoms with Crippen LogP contribution in [0.4, 0.5) is 4.39 Å². The van der Waals surface area contributed by atoms with Crippen LogP contribution in [0.5, 0.6) is 0 Å². The summed E-state index contributed by atoms with van der Waals surface area (Å²) >= 11 is 0. The van der Waals surface area contributed by atoms with Crippen molar-refractivity contribution in [2.45, 2.75) is 20.4 Å². The maximum atomic E-state index is 13.5. The molecule has 128 valence electrons. The van der Waals surface area contributed by atoms with Crippen LogP contribution in [0.25, 0.3) is 10.9 Å². The predicted octanol–water partition coefficient (Wildman–Crippen LogP) is 3.03. The Morgan fingerprint density at radius 2 is 2.00 bits per heavy atom. The minimum absolute atomic E-state index is 0.144.